The van der Waals surface area contributed by atoms with Crippen molar-refractivity contribution in [3.05, 3.63) is 35.9 Å². The molecule has 0 saturated carbocycles. The number of H-pyrrole nitrogens is 1. The monoisotopic (exact) mass is 245 g/mol. The van der Waals surface area contributed by atoms with Crippen LogP contribution in [0.5, 0.6) is 0 Å². The van der Waals surface area contributed by atoms with E-state index in [1.165, 1.54) is 18.5 Å². The largest absolute Gasteiger partial charge is 0.333 e. The normalized spacial score (nSPS) is 10.8. The predicted molar refractivity (Wildman–Crippen MR) is 59.8 cm³/mol. The van der Waals surface area contributed by atoms with E-state index in [2.05, 4.69) is 25.3 Å². The minimum absolute atomic E-state index is 0.249. The number of hydrogen-bond acceptors (Lipinski definition) is 5. The van der Waals surface area contributed by atoms with Gasteiger partial charge in [-0.05, 0) is 24.6 Å². The Balaban J connectivity index is 2.05. The predicted octanol–water partition coefficient (Wildman–Crippen LogP) is 1.97. The minimum atomic E-state index is -0.352. The third-order valence-corrected chi connectivity index (χ3v) is 2.48. The number of benzene rings is 1. The number of rotatable bonds is 2. The summed E-state index contributed by atoms with van der Waals surface area (Å²) in [5, 5.41) is 10.1. The highest BCUT2D eigenvalue weighted by atomic mass is 19.1. The van der Waals surface area contributed by atoms with Crippen LogP contribution in [-0.4, -0.2) is 25.3 Å². The van der Waals surface area contributed by atoms with Crippen LogP contribution in [-0.2, 0) is 0 Å². The third kappa shape index (κ3) is 1.75. The zero-order valence-corrected chi connectivity index (χ0v) is 9.38. The summed E-state index contributed by atoms with van der Waals surface area (Å²) < 4.78 is 18.3. The summed E-state index contributed by atoms with van der Waals surface area (Å²) in [7, 11) is 0. The van der Waals surface area contributed by atoms with Gasteiger partial charge >= 0.3 is 0 Å². The van der Waals surface area contributed by atoms with Crippen molar-refractivity contribution >= 4 is 0 Å². The van der Waals surface area contributed by atoms with Crippen LogP contribution in [0.3, 0.4) is 0 Å². The molecule has 3 aromatic rings. The number of aromatic amines is 1. The van der Waals surface area contributed by atoms with Crippen molar-refractivity contribution in [2.45, 2.75) is 6.92 Å². The molecule has 0 aliphatic heterocycles. The highest BCUT2D eigenvalue weighted by Gasteiger charge is 2.14. The van der Waals surface area contributed by atoms with E-state index in [0.29, 0.717) is 11.4 Å². The Labute approximate surface area is 101 Å². The van der Waals surface area contributed by atoms with Crippen molar-refractivity contribution in [2.24, 2.45) is 0 Å². The second-order valence-corrected chi connectivity index (χ2v) is 3.72. The standard InChI is InChI=1S/C11H8FN5O/c1-6-2-3-7(12)4-8(6)11-15-10(17-18-11)9-13-5-14-16-9/h2-5H,1H3,(H,13,14,16). The lowest BCUT2D eigenvalue weighted by atomic mass is 10.1. The van der Waals surface area contributed by atoms with Crippen molar-refractivity contribution in [3.8, 4) is 23.1 Å². The van der Waals surface area contributed by atoms with Crippen LogP contribution in [0.4, 0.5) is 4.39 Å². The van der Waals surface area contributed by atoms with E-state index in [9.17, 15) is 4.39 Å². The molecule has 3 rings (SSSR count). The van der Waals surface area contributed by atoms with Crippen molar-refractivity contribution in [2.75, 3.05) is 0 Å². The number of aromatic nitrogens is 5. The first-order chi connectivity index (χ1) is 8.74. The van der Waals surface area contributed by atoms with Crippen molar-refractivity contribution < 1.29 is 8.91 Å². The molecule has 0 radical (unpaired) electrons. The maximum Gasteiger partial charge on any atom is 0.258 e. The number of halogens is 1. The first kappa shape index (κ1) is 10.6. The lowest BCUT2D eigenvalue weighted by Gasteiger charge is -1.99. The molecule has 0 aliphatic rings. The molecular formula is C11H8FN5O. The maximum absolute atomic E-state index is 13.2. The minimum Gasteiger partial charge on any atom is -0.333 e. The van der Waals surface area contributed by atoms with Crippen LogP contribution in [0, 0.1) is 12.7 Å². The van der Waals surface area contributed by atoms with E-state index in [1.807, 2.05) is 6.92 Å². The van der Waals surface area contributed by atoms with Gasteiger partial charge in [0.05, 0.1) is 0 Å². The lowest BCUT2D eigenvalue weighted by molar-refractivity contribution is 0.431. The third-order valence-electron chi connectivity index (χ3n) is 2.48. The summed E-state index contributed by atoms with van der Waals surface area (Å²) in [4.78, 5) is 8.05. The van der Waals surface area contributed by atoms with Crippen LogP contribution >= 0.6 is 0 Å². The van der Waals surface area contributed by atoms with Gasteiger partial charge in [0.15, 0.2) is 5.82 Å². The molecule has 0 fully saturated rings. The summed E-state index contributed by atoms with van der Waals surface area (Å²) in [5.41, 5.74) is 1.41. The van der Waals surface area contributed by atoms with Crippen LogP contribution in [0.2, 0.25) is 0 Å². The Kier molecular flexibility index (Phi) is 2.36. The van der Waals surface area contributed by atoms with Gasteiger partial charge in [0, 0.05) is 5.56 Å². The SMILES string of the molecule is Cc1ccc(F)cc1-c1nc(-c2ncn[nH]2)no1. The molecule has 0 atom stereocenters. The van der Waals surface area contributed by atoms with E-state index in [4.69, 9.17) is 4.52 Å². The fourth-order valence-corrected chi connectivity index (χ4v) is 1.57. The topological polar surface area (TPSA) is 80.5 Å². The highest BCUT2D eigenvalue weighted by Crippen LogP contribution is 2.24. The molecule has 2 aromatic heterocycles. The van der Waals surface area contributed by atoms with Crippen molar-refractivity contribution in [3.63, 3.8) is 0 Å². The molecule has 6 nitrogen and oxygen atoms in total. The van der Waals surface area contributed by atoms with E-state index >= 15 is 0 Å². The van der Waals surface area contributed by atoms with E-state index in [1.54, 1.807) is 6.07 Å². The summed E-state index contributed by atoms with van der Waals surface area (Å²) in [6, 6.07) is 4.39. The Morgan fingerprint density at radius 1 is 1.33 bits per heavy atom. The molecule has 0 saturated heterocycles. The summed E-state index contributed by atoms with van der Waals surface area (Å²) in [6.07, 6.45) is 1.35. The average molecular weight is 245 g/mol. The number of nitrogens with zero attached hydrogens (tertiary/aromatic N) is 4. The van der Waals surface area contributed by atoms with Gasteiger partial charge in [-0.2, -0.15) is 10.1 Å². The molecule has 2 heterocycles. The van der Waals surface area contributed by atoms with Crippen molar-refractivity contribution in [1.29, 1.82) is 0 Å². The quantitative estimate of drug-likeness (QED) is 0.746. The Hall–Kier alpha value is -2.57. The molecule has 7 heteroatoms. The second-order valence-electron chi connectivity index (χ2n) is 3.72. The Morgan fingerprint density at radius 3 is 3.00 bits per heavy atom. The lowest BCUT2D eigenvalue weighted by Crippen LogP contribution is -1.87. The average Bonchev–Trinajstić information content (AvgIpc) is 3.00. The van der Waals surface area contributed by atoms with Gasteiger partial charge in [-0.1, -0.05) is 11.2 Å². The molecule has 90 valence electrons. The van der Waals surface area contributed by atoms with Crippen LogP contribution in [0.25, 0.3) is 23.1 Å². The summed E-state index contributed by atoms with van der Waals surface area (Å²) in [6.45, 7) is 1.84. The molecule has 0 unspecified atom stereocenters. The van der Waals surface area contributed by atoms with Crippen LogP contribution in [0.1, 0.15) is 5.56 Å². The molecular weight excluding hydrogens is 237 g/mol. The molecule has 0 bridgehead atoms. The zero-order chi connectivity index (χ0) is 12.5. The molecule has 1 N–H and O–H groups in total. The maximum atomic E-state index is 13.2. The second kappa shape index (κ2) is 4.02. The summed E-state index contributed by atoms with van der Waals surface area (Å²) in [5.74, 6) is 0.582. The Morgan fingerprint density at radius 2 is 2.22 bits per heavy atom. The Bertz CT molecular complexity index is 677. The van der Waals surface area contributed by atoms with E-state index < -0.39 is 0 Å². The fraction of sp³-hybridized carbons (Fsp3) is 0.0909. The first-order valence-electron chi connectivity index (χ1n) is 5.20. The number of hydrogen-bond donors (Lipinski definition) is 1. The zero-order valence-electron chi connectivity index (χ0n) is 9.38. The van der Waals surface area contributed by atoms with Gasteiger partial charge < -0.3 is 4.52 Å². The van der Waals surface area contributed by atoms with Crippen molar-refractivity contribution in [1.82, 2.24) is 25.3 Å². The molecule has 18 heavy (non-hydrogen) atoms. The van der Waals surface area contributed by atoms with Gasteiger partial charge in [0.2, 0.25) is 5.82 Å². The van der Waals surface area contributed by atoms with Gasteiger partial charge in [-0.15, -0.1) is 0 Å². The van der Waals surface area contributed by atoms with E-state index in [-0.39, 0.29) is 17.5 Å². The van der Waals surface area contributed by atoms with Gasteiger partial charge in [-0.3, -0.25) is 5.10 Å². The molecule has 0 amide bonds. The number of aryl methyl sites for hydroxylation is 1. The highest BCUT2D eigenvalue weighted by molar-refractivity contribution is 5.60. The molecule has 0 aliphatic carbocycles. The fourth-order valence-electron chi connectivity index (χ4n) is 1.57. The number of nitrogens with one attached hydrogen (secondary N) is 1. The summed E-state index contributed by atoms with van der Waals surface area (Å²) >= 11 is 0. The van der Waals surface area contributed by atoms with Gasteiger partial charge in [-0.25, -0.2) is 9.37 Å². The molecule has 1 aromatic carbocycles. The van der Waals surface area contributed by atoms with Crippen LogP contribution < -0.4 is 0 Å². The van der Waals surface area contributed by atoms with Gasteiger partial charge in [0.25, 0.3) is 5.89 Å². The van der Waals surface area contributed by atoms with Gasteiger partial charge in [0.1, 0.15) is 12.1 Å². The van der Waals surface area contributed by atoms with E-state index in [0.717, 1.165) is 5.56 Å². The van der Waals surface area contributed by atoms with Crippen LogP contribution in [0.15, 0.2) is 29.0 Å². The molecule has 0 spiro atoms. The smallest absolute Gasteiger partial charge is 0.258 e. The first-order valence-corrected chi connectivity index (χ1v) is 5.20.